The van der Waals surface area contributed by atoms with E-state index in [-0.39, 0.29) is 5.97 Å². The Morgan fingerprint density at radius 3 is 2.95 bits per heavy atom. The molecular formula is C15H21BrN2O2. The number of nitrogens with zero attached hydrogens (tertiary/aromatic N) is 2. The van der Waals surface area contributed by atoms with Crippen molar-refractivity contribution in [2.75, 3.05) is 40.3 Å². The number of benzene rings is 1. The lowest BCUT2D eigenvalue weighted by Gasteiger charge is -2.40. The molecule has 0 saturated carbocycles. The van der Waals surface area contributed by atoms with Crippen molar-refractivity contribution in [3.8, 4) is 0 Å². The van der Waals surface area contributed by atoms with E-state index in [0.717, 1.165) is 30.7 Å². The van der Waals surface area contributed by atoms with Crippen LogP contribution in [0.1, 0.15) is 18.0 Å². The molecule has 1 aliphatic heterocycles. The fourth-order valence-corrected chi connectivity index (χ4v) is 3.01. The van der Waals surface area contributed by atoms with Crippen LogP contribution < -0.4 is 0 Å². The van der Waals surface area contributed by atoms with Crippen molar-refractivity contribution < 1.29 is 9.53 Å². The van der Waals surface area contributed by atoms with Crippen molar-refractivity contribution >= 4 is 21.9 Å². The van der Waals surface area contributed by atoms with E-state index in [9.17, 15) is 4.79 Å². The number of ether oxygens (including phenoxy) is 1. The summed E-state index contributed by atoms with van der Waals surface area (Å²) in [6.07, 6.45) is 0.449. The second-order valence-electron chi connectivity index (χ2n) is 5.20. The molecule has 5 heteroatoms. The van der Waals surface area contributed by atoms with Gasteiger partial charge < -0.3 is 9.64 Å². The number of halogens is 1. The SMILES string of the molecule is COC(=O)CCN1CCN(C)CC1c1cccc(Br)c1. The topological polar surface area (TPSA) is 32.8 Å². The number of piperazine rings is 1. The average Bonchev–Trinajstić information content (AvgIpc) is 2.45. The lowest BCUT2D eigenvalue weighted by atomic mass is 10.0. The second kappa shape index (κ2) is 7.20. The quantitative estimate of drug-likeness (QED) is 0.787. The van der Waals surface area contributed by atoms with Crippen LogP contribution in [0.5, 0.6) is 0 Å². The maximum absolute atomic E-state index is 11.3. The molecule has 20 heavy (non-hydrogen) atoms. The van der Waals surface area contributed by atoms with Gasteiger partial charge in [-0.05, 0) is 24.7 Å². The van der Waals surface area contributed by atoms with Crippen LogP contribution in [0, 0.1) is 0 Å². The molecule has 0 N–H and O–H groups in total. The predicted octanol–water partition coefficient (Wildman–Crippen LogP) is 2.30. The highest BCUT2D eigenvalue weighted by molar-refractivity contribution is 9.10. The van der Waals surface area contributed by atoms with Gasteiger partial charge in [-0.2, -0.15) is 0 Å². The van der Waals surface area contributed by atoms with E-state index >= 15 is 0 Å². The Kier molecular flexibility index (Phi) is 5.57. The van der Waals surface area contributed by atoms with Gasteiger partial charge in [-0.3, -0.25) is 9.69 Å². The van der Waals surface area contributed by atoms with Crippen molar-refractivity contribution in [2.24, 2.45) is 0 Å². The number of esters is 1. The van der Waals surface area contributed by atoms with Crippen molar-refractivity contribution in [1.82, 2.24) is 9.80 Å². The van der Waals surface area contributed by atoms with Gasteiger partial charge in [0.05, 0.1) is 13.5 Å². The van der Waals surface area contributed by atoms with Crippen molar-refractivity contribution in [3.05, 3.63) is 34.3 Å². The largest absolute Gasteiger partial charge is 0.469 e. The highest BCUT2D eigenvalue weighted by Crippen LogP contribution is 2.27. The summed E-state index contributed by atoms with van der Waals surface area (Å²) in [7, 11) is 3.58. The molecule has 1 aliphatic rings. The molecule has 0 amide bonds. The number of rotatable bonds is 4. The van der Waals surface area contributed by atoms with Crippen LogP contribution in [0.3, 0.4) is 0 Å². The minimum Gasteiger partial charge on any atom is -0.469 e. The Morgan fingerprint density at radius 1 is 1.45 bits per heavy atom. The molecule has 1 fully saturated rings. The Bertz CT molecular complexity index is 467. The van der Waals surface area contributed by atoms with Gasteiger partial charge >= 0.3 is 5.97 Å². The third kappa shape index (κ3) is 4.04. The maximum atomic E-state index is 11.3. The molecule has 1 unspecified atom stereocenters. The summed E-state index contributed by atoms with van der Waals surface area (Å²) in [6.45, 7) is 3.74. The van der Waals surface area contributed by atoms with Crippen LogP contribution in [0.15, 0.2) is 28.7 Å². The first kappa shape index (κ1) is 15.5. The minimum absolute atomic E-state index is 0.142. The molecule has 110 valence electrons. The van der Waals surface area contributed by atoms with E-state index in [4.69, 9.17) is 4.74 Å². The zero-order valence-electron chi connectivity index (χ0n) is 12.0. The summed E-state index contributed by atoms with van der Waals surface area (Å²) < 4.78 is 5.83. The molecule has 0 bridgehead atoms. The van der Waals surface area contributed by atoms with Gasteiger partial charge in [0.15, 0.2) is 0 Å². The molecule has 0 aromatic heterocycles. The van der Waals surface area contributed by atoms with E-state index in [1.807, 2.05) is 6.07 Å². The first-order chi connectivity index (χ1) is 9.60. The normalized spacial score (nSPS) is 20.9. The number of likely N-dealkylation sites (N-methyl/N-ethyl adjacent to an activating group) is 1. The zero-order valence-corrected chi connectivity index (χ0v) is 13.6. The monoisotopic (exact) mass is 340 g/mol. The van der Waals surface area contributed by atoms with Crippen LogP contribution in [-0.4, -0.2) is 56.1 Å². The van der Waals surface area contributed by atoms with Crippen molar-refractivity contribution in [2.45, 2.75) is 12.5 Å². The fraction of sp³-hybridized carbons (Fsp3) is 0.533. The summed E-state index contributed by atoms with van der Waals surface area (Å²) in [6, 6.07) is 8.74. The van der Waals surface area contributed by atoms with Crippen LogP contribution in [0.2, 0.25) is 0 Å². The number of hydrogen-bond donors (Lipinski definition) is 0. The van der Waals surface area contributed by atoms with Gasteiger partial charge in [0.1, 0.15) is 0 Å². The van der Waals surface area contributed by atoms with Crippen LogP contribution >= 0.6 is 15.9 Å². The summed E-state index contributed by atoms with van der Waals surface area (Å²) in [4.78, 5) is 16.1. The van der Waals surface area contributed by atoms with E-state index in [0.29, 0.717) is 12.5 Å². The van der Waals surface area contributed by atoms with Crippen molar-refractivity contribution in [3.63, 3.8) is 0 Å². The van der Waals surface area contributed by atoms with Gasteiger partial charge in [0, 0.05) is 36.7 Å². The lowest BCUT2D eigenvalue weighted by molar-refractivity contribution is -0.141. The smallest absolute Gasteiger partial charge is 0.306 e. The highest BCUT2D eigenvalue weighted by atomic mass is 79.9. The standard InChI is InChI=1S/C15H21BrN2O2/c1-17-8-9-18(7-6-15(19)20-2)14(11-17)12-4-3-5-13(16)10-12/h3-5,10,14H,6-9,11H2,1-2H3. The van der Waals surface area contributed by atoms with Crippen LogP contribution in [-0.2, 0) is 9.53 Å². The molecule has 0 spiro atoms. The average molecular weight is 341 g/mol. The third-order valence-electron chi connectivity index (χ3n) is 3.76. The summed E-state index contributed by atoms with van der Waals surface area (Å²) in [5.74, 6) is -0.142. The maximum Gasteiger partial charge on any atom is 0.306 e. The van der Waals surface area contributed by atoms with Gasteiger partial charge in [0.2, 0.25) is 0 Å². The molecule has 4 nitrogen and oxygen atoms in total. The first-order valence-electron chi connectivity index (χ1n) is 6.85. The van der Waals surface area contributed by atoms with Gasteiger partial charge in [-0.1, -0.05) is 28.1 Å². The zero-order chi connectivity index (χ0) is 14.5. The molecule has 1 aromatic carbocycles. The Hall–Kier alpha value is -0.910. The summed E-state index contributed by atoms with van der Waals surface area (Å²) in [5, 5.41) is 0. The summed E-state index contributed by atoms with van der Waals surface area (Å²) in [5.41, 5.74) is 1.29. The van der Waals surface area contributed by atoms with E-state index in [2.05, 4.69) is 51.0 Å². The first-order valence-corrected chi connectivity index (χ1v) is 7.64. The van der Waals surface area contributed by atoms with Gasteiger partial charge in [-0.15, -0.1) is 0 Å². The van der Waals surface area contributed by atoms with Crippen LogP contribution in [0.4, 0.5) is 0 Å². The Morgan fingerprint density at radius 2 is 2.25 bits per heavy atom. The molecule has 0 radical (unpaired) electrons. The third-order valence-corrected chi connectivity index (χ3v) is 4.25. The Labute approximate surface area is 128 Å². The number of carbonyl (C=O) groups is 1. The molecule has 1 heterocycles. The Balaban J connectivity index is 2.10. The summed E-state index contributed by atoms with van der Waals surface area (Å²) >= 11 is 3.53. The second-order valence-corrected chi connectivity index (χ2v) is 6.11. The molecule has 1 aromatic rings. The molecular weight excluding hydrogens is 320 g/mol. The highest BCUT2D eigenvalue weighted by Gasteiger charge is 2.26. The molecule has 1 saturated heterocycles. The molecule has 0 aliphatic carbocycles. The molecule has 2 rings (SSSR count). The van der Waals surface area contributed by atoms with Gasteiger partial charge in [-0.25, -0.2) is 0 Å². The number of hydrogen-bond acceptors (Lipinski definition) is 4. The van der Waals surface area contributed by atoms with E-state index in [1.54, 1.807) is 0 Å². The number of carbonyl (C=O) groups excluding carboxylic acids is 1. The number of methoxy groups -OCH3 is 1. The lowest BCUT2D eigenvalue weighted by Crippen LogP contribution is -2.47. The van der Waals surface area contributed by atoms with Crippen molar-refractivity contribution in [1.29, 1.82) is 0 Å². The van der Waals surface area contributed by atoms with E-state index < -0.39 is 0 Å². The van der Waals surface area contributed by atoms with Gasteiger partial charge in [0.25, 0.3) is 0 Å². The van der Waals surface area contributed by atoms with Crippen LogP contribution in [0.25, 0.3) is 0 Å². The predicted molar refractivity (Wildman–Crippen MR) is 82.6 cm³/mol. The fourth-order valence-electron chi connectivity index (χ4n) is 2.59. The van der Waals surface area contributed by atoms with E-state index in [1.165, 1.54) is 12.7 Å². The molecule has 1 atom stereocenters. The minimum atomic E-state index is -0.142.